The molecule has 21 heavy (non-hydrogen) atoms. The Hall–Kier alpha value is -1.26. The maximum absolute atomic E-state index is 5.53. The van der Waals surface area contributed by atoms with E-state index in [9.17, 15) is 0 Å². The van der Waals surface area contributed by atoms with Gasteiger partial charge in [-0.2, -0.15) is 0 Å². The molecule has 0 aliphatic heterocycles. The summed E-state index contributed by atoms with van der Waals surface area (Å²) in [6.45, 7) is 5.24. The summed E-state index contributed by atoms with van der Waals surface area (Å²) in [4.78, 5) is 2.42. The molecule has 0 spiro atoms. The van der Waals surface area contributed by atoms with E-state index in [-0.39, 0.29) is 6.04 Å². The Morgan fingerprint density at radius 2 is 2.05 bits per heavy atom. The van der Waals surface area contributed by atoms with E-state index in [1.165, 1.54) is 24.9 Å². The fraction of sp³-hybridized carbons (Fsp3) is 0.647. The van der Waals surface area contributed by atoms with E-state index in [1.807, 2.05) is 12.1 Å². The van der Waals surface area contributed by atoms with Gasteiger partial charge >= 0.3 is 0 Å². The maximum Gasteiger partial charge on any atom is 0.123 e. The normalized spacial score (nSPS) is 16.0. The van der Waals surface area contributed by atoms with Gasteiger partial charge in [0, 0.05) is 24.7 Å². The van der Waals surface area contributed by atoms with Crippen LogP contribution in [-0.4, -0.2) is 45.8 Å². The Kier molecular flexibility index (Phi) is 5.88. The Morgan fingerprint density at radius 3 is 2.62 bits per heavy atom. The lowest BCUT2D eigenvalue weighted by Gasteiger charge is -2.26. The highest BCUT2D eigenvalue weighted by Gasteiger charge is 2.25. The topological polar surface area (TPSA) is 33.7 Å². The summed E-state index contributed by atoms with van der Waals surface area (Å²) >= 11 is 0. The lowest BCUT2D eigenvalue weighted by molar-refractivity contribution is 0.277. The molecule has 0 radical (unpaired) electrons. The second-order valence-corrected chi connectivity index (χ2v) is 5.88. The first-order valence-corrected chi connectivity index (χ1v) is 7.81. The van der Waals surface area contributed by atoms with Gasteiger partial charge in [-0.15, -0.1) is 0 Å². The van der Waals surface area contributed by atoms with Gasteiger partial charge < -0.3 is 19.7 Å². The highest BCUT2D eigenvalue weighted by atomic mass is 16.5. The molecule has 0 saturated heterocycles. The van der Waals surface area contributed by atoms with Crippen molar-refractivity contribution in [3.05, 3.63) is 23.8 Å². The average molecular weight is 292 g/mol. The van der Waals surface area contributed by atoms with Crippen molar-refractivity contribution in [1.82, 2.24) is 10.2 Å². The second-order valence-electron chi connectivity index (χ2n) is 5.88. The van der Waals surface area contributed by atoms with Gasteiger partial charge in [-0.25, -0.2) is 0 Å². The monoisotopic (exact) mass is 292 g/mol. The Bertz CT molecular complexity index is 446. The molecule has 0 aromatic heterocycles. The third-order valence-corrected chi connectivity index (χ3v) is 4.02. The number of likely N-dealkylation sites (N-methyl/N-ethyl adjacent to an activating group) is 2. The van der Waals surface area contributed by atoms with Crippen molar-refractivity contribution in [2.24, 2.45) is 5.92 Å². The fourth-order valence-corrected chi connectivity index (χ4v) is 2.76. The van der Waals surface area contributed by atoms with Gasteiger partial charge in [0.25, 0.3) is 0 Å². The van der Waals surface area contributed by atoms with Crippen molar-refractivity contribution in [3.8, 4) is 11.5 Å². The largest absolute Gasteiger partial charge is 0.497 e. The number of hydrogen-bond donors (Lipinski definition) is 1. The average Bonchev–Trinajstić information content (AvgIpc) is 3.30. The summed E-state index contributed by atoms with van der Waals surface area (Å²) in [6.07, 6.45) is 2.78. The molecule has 1 N–H and O–H groups in total. The van der Waals surface area contributed by atoms with Crippen LogP contribution >= 0.6 is 0 Å². The van der Waals surface area contributed by atoms with Crippen LogP contribution in [0, 0.1) is 5.92 Å². The molecule has 1 saturated carbocycles. The van der Waals surface area contributed by atoms with Crippen molar-refractivity contribution >= 4 is 0 Å². The van der Waals surface area contributed by atoms with Gasteiger partial charge in [-0.1, -0.05) is 6.92 Å². The number of methoxy groups -OCH3 is 2. The number of nitrogens with one attached hydrogen (secondary N) is 1. The third-order valence-electron chi connectivity index (χ3n) is 4.02. The Balaban J connectivity index is 2.14. The maximum atomic E-state index is 5.53. The van der Waals surface area contributed by atoms with Gasteiger partial charge in [0.2, 0.25) is 0 Å². The number of benzene rings is 1. The molecule has 1 unspecified atom stereocenters. The van der Waals surface area contributed by atoms with Gasteiger partial charge in [0.1, 0.15) is 11.5 Å². The van der Waals surface area contributed by atoms with E-state index >= 15 is 0 Å². The molecular weight excluding hydrogens is 264 g/mol. The summed E-state index contributed by atoms with van der Waals surface area (Å²) in [7, 11) is 5.63. The molecule has 4 heteroatoms. The molecule has 1 aliphatic rings. The minimum atomic E-state index is 0.254. The minimum Gasteiger partial charge on any atom is -0.497 e. The van der Waals surface area contributed by atoms with Crippen LogP contribution in [0.1, 0.15) is 31.4 Å². The van der Waals surface area contributed by atoms with E-state index in [0.29, 0.717) is 0 Å². The van der Waals surface area contributed by atoms with Crippen LogP contribution in [-0.2, 0) is 0 Å². The zero-order chi connectivity index (χ0) is 15.2. The highest BCUT2D eigenvalue weighted by molar-refractivity contribution is 5.42. The lowest BCUT2D eigenvalue weighted by atomic mass is 10.0. The first-order valence-electron chi connectivity index (χ1n) is 7.81. The van der Waals surface area contributed by atoms with Crippen molar-refractivity contribution in [2.45, 2.75) is 25.8 Å². The highest BCUT2D eigenvalue weighted by Crippen LogP contribution is 2.32. The van der Waals surface area contributed by atoms with E-state index in [2.05, 4.69) is 30.3 Å². The molecule has 0 bridgehead atoms. The summed E-state index contributed by atoms with van der Waals surface area (Å²) < 4.78 is 10.9. The van der Waals surface area contributed by atoms with Crippen molar-refractivity contribution in [3.63, 3.8) is 0 Å². The van der Waals surface area contributed by atoms with E-state index in [0.717, 1.165) is 30.5 Å². The summed E-state index contributed by atoms with van der Waals surface area (Å²) in [5, 5.41) is 3.57. The van der Waals surface area contributed by atoms with Crippen LogP contribution in [0.5, 0.6) is 11.5 Å². The van der Waals surface area contributed by atoms with Crippen LogP contribution < -0.4 is 14.8 Å². The van der Waals surface area contributed by atoms with E-state index in [1.54, 1.807) is 14.2 Å². The van der Waals surface area contributed by atoms with Crippen molar-refractivity contribution < 1.29 is 9.47 Å². The van der Waals surface area contributed by atoms with E-state index < -0.39 is 0 Å². The molecule has 0 amide bonds. The first kappa shape index (κ1) is 16.1. The second kappa shape index (κ2) is 7.66. The standard InChI is InChI=1S/C17H28N2O2/c1-5-18-16(12-19(2)11-13-6-7-13)15-10-14(20-3)8-9-17(15)21-4/h8-10,13,16,18H,5-7,11-12H2,1-4H3. The van der Waals surface area contributed by atoms with Gasteiger partial charge in [-0.3, -0.25) is 0 Å². The number of nitrogens with zero attached hydrogens (tertiary/aromatic N) is 1. The third kappa shape index (κ3) is 4.61. The molecular formula is C17H28N2O2. The number of hydrogen-bond acceptors (Lipinski definition) is 4. The molecule has 4 nitrogen and oxygen atoms in total. The molecule has 1 aromatic rings. The van der Waals surface area contributed by atoms with Crippen LogP contribution in [0.25, 0.3) is 0 Å². The summed E-state index contributed by atoms with van der Waals surface area (Å²) in [5.74, 6) is 2.70. The first-order chi connectivity index (χ1) is 10.2. The number of rotatable bonds is 9. The number of ether oxygens (including phenoxy) is 2. The smallest absolute Gasteiger partial charge is 0.123 e. The van der Waals surface area contributed by atoms with Gasteiger partial charge in [0.15, 0.2) is 0 Å². The molecule has 2 rings (SSSR count). The molecule has 1 fully saturated rings. The Morgan fingerprint density at radius 1 is 1.29 bits per heavy atom. The van der Waals surface area contributed by atoms with Crippen molar-refractivity contribution in [2.75, 3.05) is 40.9 Å². The molecule has 0 heterocycles. The SMILES string of the molecule is CCNC(CN(C)CC1CC1)c1cc(OC)ccc1OC. The van der Waals surface area contributed by atoms with Gasteiger partial charge in [0.05, 0.1) is 14.2 Å². The minimum absolute atomic E-state index is 0.254. The summed E-state index contributed by atoms with van der Waals surface area (Å²) in [5.41, 5.74) is 1.17. The van der Waals surface area contributed by atoms with Crippen LogP contribution in [0.3, 0.4) is 0 Å². The van der Waals surface area contributed by atoms with Crippen LogP contribution in [0.2, 0.25) is 0 Å². The van der Waals surface area contributed by atoms with Gasteiger partial charge in [-0.05, 0) is 50.6 Å². The summed E-state index contributed by atoms with van der Waals surface area (Å²) in [6, 6.07) is 6.26. The van der Waals surface area contributed by atoms with Crippen LogP contribution in [0.15, 0.2) is 18.2 Å². The van der Waals surface area contributed by atoms with Crippen molar-refractivity contribution in [1.29, 1.82) is 0 Å². The quantitative estimate of drug-likeness (QED) is 0.759. The zero-order valence-corrected chi connectivity index (χ0v) is 13.7. The van der Waals surface area contributed by atoms with Crippen LogP contribution in [0.4, 0.5) is 0 Å². The Labute approximate surface area is 128 Å². The fourth-order valence-electron chi connectivity index (χ4n) is 2.76. The molecule has 1 atom stereocenters. The predicted molar refractivity (Wildman–Crippen MR) is 86.2 cm³/mol. The molecule has 118 valence electrons. The zero-order valence-electron chi connectivity index (χ0n) is 13.7. The van der Waals surface area contributed by atoms with E-state index in [4.69, 9.17) is 9.47 Å². The molecule has 1 aromatic carbocycles. The predicted octanol–water partition coefficient (Wildman–Crippen LogP) is 2.70. The molecule has 1 aliphatic carbocycles. The lowest BCUT2D eigenvalue weighted by Crippen LogP contribution is -2.34.